The summed E-state index contributed by atoms with van der Waals surface area (Å²) >= 11 is 1.85. The number of ketones is 1. The van der Waals surface area contributed by atoms with Gasteiger partial charge in [0.05, 0.1) is 23.1 Å². The maximum atomic E-state index is 13.3. The van der Waals surface area contributed by atoms with Gasteiger partial charge in [-0.3, -0.25) is 19.7 Å². The van der Waals surface area contributed by atoms with Crippen LogP contribution in [-0.2, 0) is 0 Å². The lowest BCUT2D eigenvalue weighted by Crippen LogP contribution is -2.56. The third kappa shape index (κ3) is 4.34. The summed E-state index contributed by atoms with van der Waals surface area (Å²) in [6.07, 6.45) is 6.21. The van der Waals surface area contributed by atoms with Crippen molar-refractivity contribution in [3.63, 3.8) is 0 Å². The van der Waals surface area contributed by atoms with Crippen LogP contribution in [0.3, 0.4) is 0 Å². The minimum atomic E-state index is -0.155. The van der Waals surface area contributed by atoms with Crippen LogP contribution in [0, 0.1) is 0 Å². The minimum absolute atomic E-state index is 0.0201. The summed E-state index contributed by atoms with van der Waals surface area (Å²) in [5, 5.41) is 11.1. The summed E-state index contributed by atoms with van der Waals surface area (Å²) in [4.78, 5) is 42.0. The number of nitrogens with one attached hydrogen (secondary N) is 1. The number of pyridine rings is 1. The molecule has 0 saturated carbocycles. The summed E-state index contributed by atoms with van der Waals surface area (Å²) in [5.74, 6) is 1.78. The van der Waals surface area contributed by atoms with Gasteiger partial charge in [-0.1, -0.05) is 36.4 Å². The number of carbonyl (C=O) groups is 2. The molecule has 3 atom stereocenters. The maximum absolute atomic E-state index is 13.3. The Bertz CT molecular complexity index is 1740. The van der Waals surface area contributed by atoms with Crippen molar-refractivity contribution < 1.29 is 9.59 Å². The van der Waals surface area contributed by atoms with Crippen LogP contribution >= 0.6 is 11.8 Å². The molecule has 1 aromatic carbocycles. The minimum Gasteiger partial charge on any atom is -0.383 e. The highest BCUT2D eigenvalue weighted by Crippen LogP contribution is 2.43. The lowest BCUT2D eigenvalue weighted by Gasteiger charge is -2.48. The first-order valence-electron chi connectivity index (χ1n) is 13.4. The number of piperidine rings is 1. The maximum Gasteiger partial charge on any atom is 0.291 e. The van der Waals surface area contributed by atoms with Crippen LogP contribution in [0.5, 0.6) is 0 Å². The van der Waals surface area contributed by atoms with Crippen LogP contribution in [0.2, 0.25) is 0 Å². The van der Waals surface area contributed by atoms with E-state index in [0.717, 1.165) is 33.9 Å². The first-order chi connectivity index (χ1) is 20.0. The molecule has 41 heavy (non-hydrogen) atoms. The van der Waals surface area contributed by atoms with Crippen molar-refractivity contribution in [3.8, 4) is 22.4 Å². The van der Waals surface area contributed by atoms with Gasteiger partial charge in [-0.15, -0.1) is 0 Å². The summed E-state index contributed by atoms with van der Waals surface area (Å²) in [6, 6.07) is 13.9. The zero-order valence-electron chi connectivity index (χ0n) is 22.3. The van der Waals surface area contributed by atoms with Gasteiger partial charge in [-0.25, -0.2) is 9.97 Å². The molecule has 7 rings (SSSR count). The van der Waals surface area contributed by atoms with Crippen molar-refractivity contribution in [1.82, 2.24) is 39.7 Å². The number of hydrogen-bond acceptors (Lipinski definition) is 9. The van der Waals surface area contributed by atoms with Gasteiger partial charge < -0.3 is 10.6 Å². The van der Waals surface area contributed by atoms with Crippen LogP contribution in [0.15, 0.2) is 61.2 Å². The van der Waals surface area contributed by atoms with Crippen molar-refractivity contribution in [2.24, 2.45) is 0 Å². The van der Waals surface area contributed by atoms with Crippen molar-refractivity contribution in [2.75, 3.05) is 17.2 Å². The van der Waals surface area contributed by atoms with E-state index < -0.39 is 0 Å². The number of nitrogens with two attached hydrogens (primary N) is 1. The number of anilines is 1. The smallest absolute Gasteiger partial charge is 0.291 e. The second-order valence-corrected chi connectivity index (χ2v) is 11.5. The molecule has 1 amide bonds. The number of rotatable bonds is 5. The van der Waals surface area contributed by atoms with E-state index in [1.807, 2.05) is 65.3 Å². The van der Waals surface area contributed by atoms with E-state index in [-0.39, 0.29) is 41.3 Å². The van der Waals surface area contributed by atoms with Gasteiger partial charge in [0.2, 0.25) is 5.82 Å². The molecule has 12 heteroatoms. The molecule has 0 radical (unpaired) electrons. The molecule has 2 fully saturated rings. The second kappa shape index (κ2) is 10.1. The molecule has 0 spiro atoms. The number of fused-ring (bicyclic) bond motifs is 3. The number of amides is 1. The van der Waals surface area contributed by atoms with E-state index in [0.29, 0.717) is 29.7 Å². The van der Waals surface area contributed by atoms with E-state index in [2.05, 4.69) is 25.3 Å². The number of carbonyl (C=O) groups excluding carboxylic acids is 2. The van der Waals surface area contributed by atoms with Gasteiger partial charge in [0.15, 0.2) is 11.4 Å². The fraction of sp³-hybridized carbons (Fsp3) is 0.276. The number of nitrogen functional groups attached to an aromatic ring is 1. The molecule has 6 heterocycles. The normalized spacial score (nSPS) is 20.3. The number of H-pyrrole nitrogens is 1. The van der Waals surface area contributed by atoms with Crippen molar-refractivity contribution in [3.05, 3.63) is 78.3 Å². The number of Topliss-reactive ketones (excluding diaryl/α,β-unsaturated/α-hetero) is 1. The van der Waals surface area contributed by atoms with Crippen LogP contribution < -0.4 is 5.73 Å². The Balaban J connectivity index is 1.27. The predicted octanol–water partition coefficient (Wildman–Crippen LogP) is 3.87. The van der Waals surface area contributed by atoms with Crippen LogP contribution in [-0.4, -0.2) is 74.9 Å². The molecule has 11 nitrogen and oxygen atoms in total. The molecule has 206 valence electrons. The lowest BCUT2D eigenvalue weighted by atomic mass is 9.82. The van der Waals surface area contributed by atoms with Gasteiger partial charge in [0.1, 0.15) is 12.1 Å². The Hall–Kier alpha value is -4.58. The van der Waals surface area contributed by atoms with Crippen LogP contribution in [0.1, 0.15) is 52.4 Å². The molecule has 3 N–H and O–H groups in total. The number of aromatic nitrogens is 7. The van der Waals surface area contributed by atoms with Gasteiger partial charge in [-0.05, 0) is 25.8 Å². The monoisotopic (exact) mass is 565 g/mol. The molecular weight excluding hydrogens is 538 g/mol. The molecule has 5 aromatic rings. The Kier molecular flexibility index (Phi) is 6.26. The molecule has 2 aliphatic rings. The zero-order valence-corrected chi connectivity index (χ0v) is 23.1. The molecule has 2 saturated heterocycles. The van der Waals surface area contributed by atoms with E-state index in [9.17, 15) is 9.59 Å². The fourth-order valence-corrected chi connectivity index (χ4v) is 7.40. The van der Waals surface area contributed by atoms with Crippen molar-refractivity contribution in [2.45, 2.75) is 37.8 Å². The number of thioether (sulfide) groups is 1. The SMILES string of the molecule is CC(=O)c1c(C2C[C@H]3CSC[C@@H](C2)N3C(=O)c2ncn[nH]2)nc2c(-c3ccc(-c4ccccc4)nc3)cnn2c1N. The van der Waals surface area contributed by atoms with E-state index in [4.69, 9.17) is 10.7 Å². The summed E-state index contributed by atoms with van der Waals surface area (Å²) in [7, 11) is 0. The molecule has 1 unspecified atom stereocenters. The Labute approximate surface area is 239 Å². The average Bonchev–Trinajstić information content (AvgIpc) is 3.67. The molecule has 4 aromatic heterocycles. The van der Waals surface area contributed by atoms with E-state index in [1.54, 1.807) is 10.7 Å². The molecule has 2 bridgehead atoms. The van der Waals surface area contributed by atoms with Gasteiger partial charge >= 0.3 is 0 Å². The highest BCUT2D eigenvalue weighted by Gasteiger charge is 2.44. The van der Waals surface area contributed by atoms with E-state index in [1.165, 1.54) is 13.3 Å². The highest BCUT2D eigenvalue weighted by molar-refractivity contribution is 7.99. The highest BCUT2D eigenvalue weighted by atomic mass is 32.2. The number of hydrogen-bond donors (Lipinski definition) is 2. The molecule has 0 aliphatic carbocycles. The van der Waals surface area contributed by atoms with Gasteiger partial charge in [0.25, 0.3) is 5.91 Å². The number of aromatic amines is 1. The number of nitrogens with zero attached hydrogens (tertiary/aromatic N) is 7. The average molecular weight is 566 g/mol. The lowest BCUT2D eigenvalue weighted by molar-refractivity contribution is 0.0460. The zero-order chi connectivity index (χ0) is 28.1. The Morgan fingerprint density at radius 3 is 2.44 bits per heavy atom. The fourth-order valence-electron chi connectivity index (χ4n) is 6.13. The third-order valence-corrected chi connectivity index (χ3v) is 9.21. The standard InChI is InChI=1S/C29H27N9O2S/c1-16(39)24-25(19-9-20-13-41-14-21(10-19)37(20)29(40)27-32-15-33-36-27)35-28-22(12-34-38(28)26(24)30)18-7-8-23(31-11-18)17-5-3-2-4-6-17/h2-8,11-12,15,19-21H,9-10,13-14,30H2,1H3,(H,32,33,36)/t19?,20-,21+. The first kappa shape index (κ1) is 25.4. The molecular formula is C29H27N9O2S. The first-order valence-corrected chi connectivity index (χ1v) is 14.6. The summed E-state index contributed by atoms with van der Waals surface area (Å²) in [6.45, 7) is 1.51. The molecule has 2 aliphatic heterocycles. The second-order valence-electron chi connectivity index (χ2n) is 10.5. The van der Waals surface area contributed by atoms with Gasteiger partial charge in [0, 0.05) is 52.4 Å². The van der Waals surface area contributed by atoms with E-state index >= 15 is 0 Å². The summed E-state index contributed by atoms with van der Waals surface area (Å²) < 4.78 is 1.54. The van der Waals surface area contributed by atoms with Gasteiger partial charge in [-0.2, -0.15) is 26.5 Å². The van der Waals surface area contributed by atoms with Crippen molar-refractivity contribution >= 4 is 34.9 Å². The Morgan fingerprint density at radius 2 is 1.78 bits per heavy atom. The van der Waals surface area contributed by atoms with Crippen LogP contribution in [0.4, 0.5) is 5.82 Å². The topological polar surface area (TPSA) is 148 Å². The predicted molar refractivity (Wildman–Crippen MR) is 155 cm³/mol. The third-order valence-electron chi connectivity index (χ3n) is 7.97. The number of benzene rings is 1. The van der Waals surface area contributed by atoms with Crippen LogP contribution in [0.25, 0.3) is 28.0 Å². The largest absolute Gasteiger partial charge is 0.383 e. The summed E-state index contributed by atoms with van der Waals surface area (Å²) in [5.41, 5.74) is 11.8. The Morgan fingerprint density at radius 1 is 1.00 bits per heavy atom. The van der Waals surface area contributed by atoms with Crippen molar-refractivity contribution in [1.29, 1.82) is 0 Å². The quantitative estimate of drug-likeness (QED) is 0.303.